The monoisotopic (exact) mass is 318 g/mol. The molecule has 1 aromatic carbocycles. The van der Waals surface area contributed by atoms with E-state index in [4.69, 9.17) is 4.74 Å². The summed E-state index contributed by atoms with van der Waals surface area (Å²) in [6, 6.07) is 2.79. The van der Waals surface area contributed by atoms with Crippen LogP contribution in [0.25, 0.3) is 6.08 Å². The average Bonchev–Trinajstić information content (AvgIpc) is 2.54. The summed E-state index contributed by atoms with van der Waals surface area (Å²) in [6.07, 6.45) is 3.40. The van der Waals surface area contributed by atoms with Crippen LogP contribution in [0.3, 0.4) is 0 Å². The Morgan fingerprint density at radius 1 is 1.43 bits per heavy atom. The number of phenols is 1. The molecule has 0 aliphatic carbocycles. The number of carbonyl (C=O) groups excluding carboxylic acids is 1. The van der Waals surface area contributed by atoms with Crippen LogP contribution in [0.5, 0.6) is 11.5 Å². The third kappa shape index (κ3) is 2.74. The van der Waals surface area contributed by atoms with E-state index < -0.39 is 16.4 Å². The molecule has 0 amide bonds. The largest absolute Gasteiger partial charge is 0.500 e. The van der Waals surface area contributed by atoms with Gasteiger partial charge in [0, 0.05) is 25.1 Å². The molecule has 1 N–H and O–H groups in total. The van der Waals surface area contributed by atoms with Crippen molar-refractivity contribution in [1.82, 2.24) is 4.90 Å². The summed E-state index contributed by atoms with van der Waals surface area (Å²) < 4.78 is 5.26. The molecule has 0 saturated carbocycles. The van der Waals surface area contributed by atoms with E-state index in [1.807, 2.05) is 4.90 Å². The Bertz CT molecular complexity index is 690. The van der Waals surface area contributed by atoms with E-state index >= 15 is 0 Å². The van der Waals surface area contributed by atoms with Crippen LogP contribution in [-0.4, -0.2) is 40.4 Å². The maximum absolute atomic E-state index is 12.4. The lowest BCUT2D eigenvalue weighted by molar-refractivity contribution is -0.386. The topological polar surface area (TPSA) is 92.9 Å². The summed E-state index contributed by atoms with van der Waals surface area (Å²) in [4.78, 5) is 24.8. The molecule has 3 saturated heterocycles. The number of phenolic OH excluding ortho intramolecular Hbond substituents is 1. The number of nitrogens with zero attached hydrogens (tertiary/aromatic N) is 2. The summed E-state index contributed by atoms with van der Waals surface area (Å²) in [7, 11) is 0. The van der Waals surface area contributed by atoms with Gasteiger partial charge in [0.1, 0.15) is 0 Å². The lowest BCUT2D eigenvalue weighted by Gasteiger charge is -2.41. The standard InChI is InChI=1S/C16H18N2O5/c1-2-23-14-9-10(8-13(16(14)20)18(21)22)7-12-15(19)11-3-5-17(12)6-4-11/h7-9,11,20H,2-6H2,1H3/b12-7-. The number of aromatic hydroxyl groups is 1. The van der Waals surface area contributed by atoms with Crippen molar-refractivity contribution < 1.29 is 19.6 Å². The zero-order valence-electron chi connectivity index (χ0n) is 12.8. The molecule has 0 spiro atoms. The van der Waals surface area contributed by atoms with Gasteiger partial charge in [-0.25, -0.2) is 0 Å². The molecule has 122 valence electrons. The second-order valence-electron chi connectivity index (χ2n) is 5.73. The summed E-state index contributed by atoms with van der Waals surface area (Å²) in [5, 5.41) is 21.0. The molecular weight excluding hydrogens is 300 g/mol. The number of Topliss-reactive ketones (excluding diaryl/α,β-unsaturated/α-hetero) is 1. The van der Waals surface area contributed by atoms with Crippen LogP contribution in [0, 0.1) is 16.0 Å². The highest BCUT2D eigenvalue weighted by Gasteiger charge is 2.36. The molecule has 3 aliphatic rings. The van der Waals surface area contributed by atoms with E-state index in [0.29, 0.717) is 11.3 Å². The van der Waals surface area contributed by atoms with Crippen LogP contribution in [0.15, 0.2) is 17.8 Å². The van der Waals surface area contributed by atoms with Gasteiger partial charge in [-0.2, -0.15) is 0 Å². The molecule has 3 aliphatic heterocycles. The Morgan fingerprint density at radius 2 is 2.13 bits per heavy atom. The number of hydrogen-bond donors (Lipinski definition) is 1. The van der Waals surface area contributed by atoms with Crippen LogP contribution >= 0.6 is 0 Å². The Balaban J connectivity index is 2.04. The van der Waals surface area contributed by atoms with Crippen molar-refractivity contribution in [2.24, 2.45) is 5.92 Å². The van der Waals surface area contributed by atoms with Gasteiger partial charge in [-0.15, -0.1) is 0 Å². The molecule has 0 unspecified atom stereocenters. The number of piperidine rings is 3. The van der Waals surface area contributed by atoms with Crippen molar-refractivity contribution >= 4 is 17.5 Å². The zero-order valence-corrected chi connectivity index (χ0v) is 12.8. The van der Waals surface area contributed by atoms with Crippen molar-refractivity contribution in [3.05, 3.63) is 33.5 Å². The number of nitro groups is 1. The zero-order chi connectivity index (χ0) is 16.6. The van der Waals surface area contributed by atoms with E-state index in [1.165, 1.54) is 12.1 Å². The van der Waals surface area contributed by atoms with Crippen molar-refractivity contribution in [3.63, 3.8) is 0 Å². The summed E-state index contributed by atoms with van der Waals surface area (Å²) in [5.41, 5.74) is 0.648. The number of ketones is 1. The second-order valence-corrected chi connectivity index (χ2v) is 5.73. The minimum atomic E-state index is -0.658. The highest BCUT2D eigenvalue weighted by atomic mass is 16.6. The number of fused-ring (bicyclic) bond motifs is 3. The van der Waals surface area contributed by atoms with Crippen molar-refractivity contribution in [3.8, 4) is 11.5 Å². The maximum Gasteiger partial charge on any atom is 0.315 e. The molecule has 3 fully saturated rings. The van der Waals surface area contributed by atoms with E-state index in [-0.39, 0.29) is 24.1 Å². The molecule has 23 heavy (non-hydrogen) atoms. The number of benzene rings is 1. The Kier molecular flexibility index (Phi) is 3.94. The molecular formula is C16H18N2O5. The minimum absolute atomic E-state index is 0.0527. The first kappa shape index (κ1) is 15.3. The van der Waals surface area contributed by atoms with Crippen molar-refractivity contribution in [2.45, 2.75) is 19.8 Å². The smallest absolute Gasteiger partial charge is 0.315 e. The fourth-order valence-corrected chi connectivity index (χ4v) is 3.17. The van der Waals surface area contributed by atoms with E-state index in [2.05, 4.69) is 0 Å². The van der Waals surface area contributed by atoms with Crippen molar-refractivity contribution in [1.29, 1.82) is 0 Å². The first-order chi connectivity index (χ1) is 11.0. The molecule has 0 atom stereocenters. The molecule has 0 aromatic heterocycles. The van der Waals surface area contributed by atoms with Gasteiger partial charge in [0.2, 0.25) is 5.75 Å². The first-order valence-electron chi connectivity index (χ1n) is 7.66. The van der Waals surface area contributed by atoms with Gasteiger partial charge in [0.05, 0.1) is 17.2 Å². The third-order valence-electron chi connectivity index (χ3n) is 4.34. The summed E-state index contributed by atoms with van der Waals surface area (Å²) >= 11 is 0. The molecule has 7 nitrogen and oxygen atoms in total. The molecule has 4 rings (SSSR count). The lowest BCUT2D eigenvalue weighted by atomic mass is 9.84. The van der Waals surface area contributed by atoms with Crippen LogP contribution in [0.4, 0.5) is 5.69 Å². The number of ether oxygens (including phenoxy) is 1. The molecule has 3 heterocycles. The fraction of sp³-hybridized carbons (Fsp3) is 0.438. The van der Waals surface area contributed by atoms with E-state index in [1.54, 1.807) is 13.0 Å². The molecule has 2 bridgehead atoms. The van der Waals surface area contributed by atoms with Gasteiger partial charge in [-0.3, -0.25) is 14.9 Å². The summed E-state index contributed by atoms with van der Waals surface area (Å²) in [6.45, 7) is 3.67. The Hall–Kier alpha value is -2.57. The lowest BCUT2D eigenvalue weighted by Crippen LogP contribution is -2.45. The van der Waals surface area contributed by atoms with Gasteiger partial charge in [-0.1, -0.05) is 0 Å². The van der Waals surface area contributed by atoms with Crippen molar-refractivity contribution in [2.75, 3.05) is 19.7 Å². The van der Waals surface area contributed by atoms with Gasteiger partial charge in [0.15, 0.2) is 11.5 Å². The highest BCUT2D eigenvalue weighted by molar-refractivity contribution is 6.02. The van der Waals surface area contributed by atoms with E-state index in [9.17, 15) is 20.0 Å². The summed E-state index contributed by atoms with van der Waals surface area (Å²) in [5.74, 6) is -0.284. The number of allylic oxidation sites excluding steroid dienone is 1. The predicted molar refractivity (Wildman–Crippen MR) is 83.2 cm³/mol. The van der Waals surface area contributed by atoms with E-state index in [0.717, 1.165) is 25.9 Å². The average molecular weight is 318 g/mol. The fourth-order valence-electron chi connectivity index (χ4n) is 3.17. The molecule has 0 radical (unpaired) electrons. The number of hydrogen-bond acceptors (Lipinski definition) is 6. The highest BCUT2D eigenvalue weighted by Crippen LogP contribution is 2.39. The maximum atomic E-state index is 12.4. The molecule has 7 heteroatoms. The molecule has 1 aromatic rings. The van der Waals surface area contributed by atoms with Gasteiger partial charge in [0.25, 0.3) is 0 Å². The van der Waals surface area contributed by atoms with Crippen LogP contribution in [-0.2, 0) is 4.79 Å². The third-order valence-corrected chi connectivity index (χ3v) is 4.34. The Labute approximate surface area is 133 Å². The quantitative estimate of drug-likeness (QED) is 0.520. The van der Waals surface area contributed by atoms with Crippen LogP contribution < -0.4 is 4.74 Å². The van der Waals surface area contributed by atoms with Gasteiger partial charge < -0.3 is 14.7 Å². The predicted octanol–water partition coefficient (Wildman–Crippen LogP) is 2.33. The normalized spacial score (nSPS) is 19.4. The minimum Gasteiger partial charge on any atom is -0.500 e. The second kappa shape index (κ2) is 5.91. The number of nitro benzene ring substituents is 1. The van der Waals surface area contributed by atoms with Crippen LogP contribution in [0.1, 0.15) is 25.3 Å². The van der Waals surface area contributed by atoms with Gasteiger partial charge >= 0.3 is 5.69 Å². The SMILES string of the molecule is CCOc1cc(/C=C2/C(=O)C3CCN2CC3)cc([N+](=O)[O-])c1O. The first-order valence-corrected chi connectivity index (χ1v) is 7.66. The van der Waals surface area contributed by atoms with Gasteiger partial charge in [-0.05, 0) is 37.5 Å². The Morgan fingerprint density at radius 3 is 2.70 bits per heavy atom. The number of carbonyl (C=O) groups is 1. The number of rotatable bonds is 4. The van der Waals surface area contributed by atoms with Crippen LogP contribution in [0.2, 0.25) is 0 Å².